The number of nitrogens with zero attached hydrogens (tertiary/aromatic N) is 3. The molecule has 2 aliphatic heterocycles. The smallest absolute Gasteiger partial charge is 0.254 e. The second-order valence-corrected chi connectivity index (χ2v) is 11.3. The van der Waals surface area contributed by atoms with Gasteiger partial charge in [-0.05, 0) is 56.0 Å². The summed E-state index contributed by atoms with van der Waals surface area (Å²) >= 11 is 6.46. The number of ether oxygens (including phenoxy) is 2. The Hall–Kier alpha value is -3.73. The van der Waals surface area contributed by atoms with Crippen molar-refractivity contribution in [2.75, 3.05) is 32.2 Å². The number of amides is 2. The van der Waals surface area contributed by atoms with Gasteiger partial charge in [-0.25, -0.2) is 9.97 Å². The number of hydrogen-bond acceptors (Lipinski definition) is 8. The minimum absolute atomic E-state index is 0.160. The molecule has 3 aromatic rings. The van der Waals surface area contributed by atoms with Gasteiger partial charge in [0.2, 0.25) is 11.9 Å². The van der Waals surface area contributed by atoms with Crippen LogP contribution in [0.4, 0.5) is 5.95 Å². The molecule has 1 saturated heterocycles. The molecule has 0 unspecified atom stereocenters. The van der Waals surface area contributed by atoms with E-state index >= 15 is 0 Å². The van der Waals surface area contributed by atoms with Crippen molar-refractivity contribution < 1.29 is 24.2 Å². The first-order valence-electron chi connectivity index (χ1n) is 13.6. The summed E-state index contributed by atoms with van der Waals surface area (Å²) in [5.41, 5.74) is 1.95. The van der Waals surface area contributed by atoms with Gasteiger partial charge in [0, 0.05) is 36.9 Å². The summed E-state index contributed by atoms with van der Waals surface area (Å²) in [5.74, 6) is 0.439. The maximum atomic E-state index is 13.4. The van der Waals surface area contributed by atoms with Crippen molar-refractivity contribution in [3.8, 4) is 17.0 Å². The molecule has 1 fully saturated rings. The number of carbonyl (C=O) groups is 2. The first-order valence-corrected chi connectivity index (χ1v) is 13.9. The predicted molar refractivity (Wildman–Crippen MR) is 155 cm³/mol. The second kappa shape index (κ2) is 12.0. The van der Waals surface area contributed by atoms with E-state index in [9.17, 15) is 14.7 Å². The molecule has 3 N–H and O–H groups in total. The quantitative estimate of drug-likeness (QED) is 0.347. The first-order chi connectivity index (χ1) is 19.6. The topological polar surface area (TPSA) is 126 Å². The third kappa shape index (κ3) is 6.61. The molecule has 10 nitrogen and oxygen atoms in total. The van der Waals surface area contributed by atoms with E-state index in [0.29, 0.717) is 58.9 Å². The fourth-order valence-corrected chi connectivity index (χ4v) is 5.37. The van der Waals surface area contributed by atoms with Gasteiger partial charge in [-0.1, -0.05) is 35.9 Å². The Balaban J connectivity index is 1.29. The van der Waals surface area contributed by atoms with E-state index in [1.165, 1.54) is 4.90 Å². The van der Waals surface area contributed by atoms with Crippen LogP contribution in [0.3, 0.4) is 0 Å². The van der Waals surface area contributed by atoms with Crippen LogP contribution < -0.4 is 15.4 Å². The fraction of sp³-hybridized carbons (Fsp3) is 0.400. The number of methoxy groups -OCH3 is 1. The Morgan fingerprint density at radius 3 is 2.76 bits per heavy atom. The molecular weight excluding hydrogens is 546 g/mol. The highest BCUT2D eigenvalue weighted by Gasteiger charge is 2.33. The van der Waals surface area contributed by atoms with Gasteiger partial charge in [0.25, 0.3) is 5.91 Å². The number of halogens is 1. The molecule has 0 spiro atoms. The van der Waals surface area contributed by atoms with E-state index in [1.807, 2.05) is 18.2 Å². The van der Waals surface area contributed by atoms with Crippen molar-refractivity contribution in [2.24, 2.45) is 0 Å². The van der Waals surface area contributed by atoms with Gasteiger partial charge in [0.05, 0.1) is 35.7 Å². The number of carbonyl (C=O) groups excluding carboxylic acids is 2. The third-order valence-corrected chi connectivity index (χ3v) is 7.61. The molecule has 11 heteroatoms. The van der Waals surface area contributed by atoms with Crippen molar-refractivity contribution in [3.05, 3.63) is 70.4 Å². The number of aliphatic hydroxyl groups is 1. The molecule has 3 heterocycles. The third-order valence-electron chi connectivity index (χ3n) is 7.33. The number of benzene rings is 2. The Bertz CT molecular complexity index is 1440. The van der Waals surface area contributed by atoms with Gasteiger partial charge < -0.3 is 30.1 Å². The number of hydrogen-bond donors (Lipinski definition) is 3. The standard InChI is InChI=1S/C30H34ClN5O5/c1-30(2,39)27(19-5-4-6-22(13-19)40-3)34-25(37)17-36-16-20-8-7-18(14-23(20)28(36)38)26-24(31)15-32-29(35-26)33-21-9-11-41-12-10-21/h4-8,13-15,21,27,39H,9-12,16-17H2,1-3H3,(H,34,37)(H,32,33,35)/t27-/m0/s1. The van der Waals surface area contributed by atoms with E-state index in [-0.39, 0.29) is 24.4 Å². The molecule has 2 amide bonds. The van der Waals surface area contributed by atoms with Crippen LogP contribution in [0.15, 0.2) is 48.7 Å². The summed E-state index contributed by atoms with van der Waals surface area (Å²) in [5, 5.41) is 17.4. The van der Waals surface area contributed by atoms with E-state index < -0.39 is 11.6 Å². The largest absolute Gasteiger partial charge is 0.497 e. The van der Waals surface area contributed by atoms with E-state index in [4.69, 9.17) is 21.1 Å². The van der Waals surface area contributed by atoms with Crippen LogP contribution in [-0.2, 0) is 16.1 Å². The number of fused-ring (bicyclic) bond motifs is 1. The van der Waals surface area contributed by atoms with Crippen molar-refractivity contribution >= 4 is 29.4 Å². The molecule has 2 aromatic carbocycles. The maximum absolute atomic E-state index is 13.4. The minimum Gasteiger partial charge on any atom is -0.497 e. The number of nitrogens with one attached hydrogen (secondary N) is 2. The lowest BCUT2D eigenvalue weighted by molar-refractivity contribution is -0.124. The van der Waals surface area contributed by atoms with E-state index in [1.54, 1.807) is 51.4 Å². The molecule has 5 rings (SSSR count). The Morgan fingerprint density at radius 2 is 2.02 bits per heavy atom. The van der Waals surface area contributed by atoms with E-state index in [0.717, 1.165) is 18.4 Å². The lowest BCUT2D eigenvalue weighted by Gasteiger charge is -2.31. The average molecular weight is 580 g/mol. The van der Waals surface area contributed by atoms with Crippen molar-refractivity contribution in [1.82, 2.24) is 20.2 Å². The summed E-state index contributed by atoms with van der Waals surface area (Å²) in [6, 6.07) is 12.2. The van der Waals surface area contributed by atoms with Crippen LogP contribution in [-0.4, -0.2) is 70.3 Å². The fourth-order valence-electron chi connectivity index (χ4n) is 5.17. The van der Waals surface area contributed by atoms with Crippen LogP contribution in [0.2, 0.25) is 5.02 Å². The van der Waals surface area contributed by atoms with Gasteiger partial charge in [-0.2, -0.15) is 0 Å². The highest BCUT2D eigenvalue weighted by molar-refractivity contribution is 6.33. The minimum atomic E-state index is -1.26. The van der Waals surface area contributed by atoms with Gasteiger partial charge in [-0.3, -0.25) is 9.59 Å². The molecule has 0 radical (unpaired) electrons. The zero-order valence-corrected chi connectivity index (χ0v) is 24.1. The summed E-state index contributed by atoms with van der Waals surface area (Å²) < 4.78 is 10.7. The van der Waals surface area contributed by atoms with E-state index in [2.05, 4.69) is 20.6 Å². The molecule has 1 aromatic heterocycles. The van der Waals surface area contributed by atoms with Gasteiger partial charge in [-0.15, -0.1) is 0 Å². The summed E-state index contributed by atoms with van der Waals surface area (Å²) in [7, 11) is 1.56. The zero-order valence-electron chi connectivity index (χ0n) is 23.3. The Morgan fingerprint density at radius 1 is 1.24 bits per heavy atom. The molecule has 0 saturated carbocycles. The van der Waals surface area contributed by atoms with Crippen molar-refractivity contribution in [3.63, 3.8) is 0 Å². The molecule has 0 aliphatic carbocycles. The molecule has 41 heavy (non-hydrogen) atoms. The van der Waals surface area contributed by atoms with Crippen LogP contribution in [0.5, 0.6) is 5.75 Å². The Labute approximate surface area is 244 Å². The van der Waals surface area contributed by atoms with Crippen LogP contribution in [0, 0.1) is 0 Å². The summed E-state index contributed by atoms with van der Waals surface area (Å²) in [6.45, 7) is 4.77. The molecule has 216 valence electrons. The highest BCUT2D eigenvalue weighted by Crippen LogP contribution is 2.32. The van der Waals surface area contributed by atoms with Crippen LogP contribution >= 0.6 is 11.6 Å². The number of aromatic nitrogens is 2. The first kappa shape index (κ1) is 28.8. The maximum Gasteiger partial charge on any atom is 0.254 e. The lowest BCUT2D eigenvalue weighted by Crippen LogP contribution is -2.46. The summed E-state index contributed by atoms with van der Waals surface area (Å²) in [6.07, 6.45) is 3.29. The monoisotopic (exact) mass is 579 g/mol. The van der Waals surface area contributed by atoms with Gasteiger partial charge in [0.15, 0.2) is 0 Å². The number of rotatable bonds is 9. The zero-order chi connectivity index (χ0) is 29.1. The van der Waals surface area contributed by atoms with Crippen molar-refractivity contribution in [2.45, 2.75) is 50.9 Å². The Kier molecular flexibility index (Phi) is 8.44. The van der Waals surface area contributed by atoms with Gasteiger partial charge >= 0.3 is 0 Å². The van der Waals surface area contributed by atoms with Gasteiger partial charge in [0.1, 0.15) is 12.3 Å². The van der Waals surface area contributed by atoms with Crippen LogP contribution in [0.1, 0.15) is 54.2 Å². The normalized spacial score (nSPS) is 16.3. The molecule has 2 aliphatic rings. The van der Waals surface area contributed by atoms with Crippen molar-refractivity contribution in [1.29, 1.82) is 0 Å². The second-order valence-electron chi connectivity index (χ2n) is 10.9. The molecular formula is C30H34ClN5O5. The average Bonchev–Trinajstić information content (AvgIpc) is 3.26. The molecule has 0 bridgehead atoms. The van der Waals surface area contributed by atoms with Crippen LogP contribution in [0.25, 0.3) is 11.3 Å². The lowest BCUT2D eigenvalue weighted by atomic mass is 9.91. The predicted octanol–water partition coefficient (Wildman–Crippen LogP) is 3.98. The summed E-state index contributed by atoms with van der Waals surface area (Å²) in [4.78, 5) is 36.9. The molecule has 1 atom stereocenters. The SMILES string of the molecule is COc1cccc([C@H](NC(=O)CN2Cc3ccc(-c4nc(NC5CCOCC5)ncc4Cl)cc3C2=O)C(C)(C)O)c1. The highest BCUT2D eigenvalue weighted by atomic mass is 35.5. The number of anilines is 1.